The monoisotopic (exact) mass is 186 g/mol. The van der Waals surface area contributed by atoms with E-state index in [2.05, 4.69) is 20.4 Å². The van der Waals surface area contributed by atoms with Crippen LogP contribution in [0.15, 0.2) is 12.7 Å². The maximum absolute atomic E-state index is 9.25. The molecule has 2 heteroatoms. The van der Waals surface area contributed by atoms with Crippen molar-refractivity contribution in [2.24, 2.45) is 0 Å². The molecule has 0 amide bonds. The Kier molecular flexibility index (Phi) is 15.6. The van der Waals surface area contributed by atoms with Crippen LogP contribution in [0.1, 0.15) is 52.4 Å². The van der Waals surface area contributed by atoms with Crippen molar-refractivity contribution in [1.82, 2.24) is 0 Å². The summed E-state index contributed by atoms with van der Waals surface area (Å²) >= 11 is 0. The number of unbranched alkanes of at least 4 members (excludes halogenated alkanes) is 5. The van der Waals surface area contributed by atoms with Gasteiger partial charge >= 0.3 is 5.97 Å². The van der Waals surface area contributed by atoms with Crippen LogP contribution in [0.2, 0.25) is 0 Å². The Balaban J connectivity index is 0. The topological polar surface area (TPSA) is 37.3 Å². The zero-order chi connectivity index (χ0) is 10.5. The van der Waals surface area contributed by atoms with Crippen LogP contribution >= 0.6 is 0 Å². The number of rotatable bonds is 6. The normalized spacial score (nSPS) is 8.46. The lowest BCUT2D eigenvalue weighted by Crippen LogP contribution is -1.82. The molecule has 0 aromatic carbocycles. The molecule has 0 aliphatic carbocycles. The summed E-state index contributed by atoms with van der Waals surface area (Å²) in [6.45, 7) is 7.47. The molecule has 1 N–H and O–H groups in total. The molecule has 0 aromatic heterocycles. The van der Waals surface area contributed by atoms with Gasteiger partial charge in [-0.15, -0.1) is 0 Å². The van der Waals surface area contributed by atoms with E-state index in [0.29, 0.717) is 0 Å². The van der Waals surface area contributed by atoms with E-state index >= 15 is 0 Å². The molecule has 0 rings (SSSR count). The molecule has 0 saturated heterocycles. The first kappa shape index (κ1) is 14.7. The van der Waals surface area contributed by atoms with Crippen molar-refractivity contribution < 1.29 is 9.90 Å². The van der Waals surface area contributed by atoms with E-state index in [1.165, 1.54) is 38.5 Å². The standard InChI is InChI=1S/C8H18.C3H4O2/c1-3-5-7-8-6-4-2;1-2-3(4)5/h3-8H2,1-2H3;2H,1H2,(H,4,5). The fourth-order valence-electron chi connectivity index (χ4n) is 0.854. The molecule has 0 fully saturated rings. The molecule has 0 heterocycles. The summed E-state index contributed by atoms with van der Waals surface area (Å²) < 4.78 is 0. The van der Waals surface area contributed by atoms with E-state index in [-0.39, 0.29) is 0 Å². The van der Waals surface area contributed by atoms with Gasteiger partial charge in [-0.1, -0.05) is 59.0 Å². The van der Waals surface area contributed by atoms with Gasteiger partial charge in [-0.05, 0) is 0 Å². The maximum atomic E-state index is 9.25. The van der Waals surface area contributed by atoms with Crippen molar-refractivity contribution in [3.63, 3.8) is 0 Å². The molecule has 0 radical (unpaired) electrons. The summed E-state index contributed by atoms with van der Waals surface area (Å²) in [5, 5.41) is 7.60. The van der Waals surface area contributed by atoms with Crippen LogP contribution in [-0.4, -0.2) is 11.1 Å². The summed E-state index contributed by atoms with van der Waals surface area (Å²) in [6.07, 6.45) is 9.32. The lowest BCUT2D eigenvalue weighted by Gasteiger charge is -1.93. The van der Waals surface area contributed by atoms with Crippen molar-refractivity contribution in [3.8, 4) is 0 Å². The van der Waals surface area contributed by atoms with Crippen LogP contribution in [0.25, 0.3) is 0 Å². The lowest BCUT2D eigenvalue weighted by atomic mass is 10.1. The second kappa shape index (κ2) is 13.8. The van der Waals surface area contributed by atoms with Crippen LogP contribution in [0.3, 0.4) is 0 Å². The molecule has 0 aromatic rings. The minimum Gasteiger partial charge on any atom is -0.478 e. The van der Waals surface area contributed by atoms with Crippen molar-refractivity contribution in [3.05, 3.63) is 12.7 Å². The van der Waals surface area contributed by atoms with E-state index < -0.39 is 5.97 Å². The Bertz CT molecular complexity index is 113. The van der Waals surface area contributed by atoms with Crippen LogP contribution in [-0.2, 0) is 4.79 Å². The van der Waals surface area contributed by atoms with Gasteiger partial charge in [-0.2, -0.15) is 0 Å². The van der Waals surface area contributed by atoms with E-state index in [4.69, 9.17) is 5.11 Å². The number of carbonyl (C=O) groups is 1. The van der Waals surface area contributed by atoms with E-state index in [0.717, 1.165) is 6.08 Å². The van der Waals surface area contributed by atoms with Gasteiger partial charge in [-0.3, -0.25) is 0 Å². The molecule has 0 spiro atoms. The molecule has 0 aliphatic rings. The van der Waals surface area contributed by atoms with Crippen LogP contribution in [0, 0.1) is 0 Å². The molecular weight excluding hydrogens is 164 g/mol. The van der Waals surface area contributed by atoms with Crippen molar-refractivity contribution in [2.75, 3.05) is 0 Å². The van der Waals surface area contributed by atoms with Crippen molar-refractivity contribution >= 4 is 5.97 Å². The third-order valence-corrected chi connectivity index (χ3v) is 1.63. The minimum absolute atomic E-state index is 0.833. The first-order chi connectivity index (χ1) is 6.18. The summed E-state index contributed by atoms with van der Waals surface area (Å²) in [4.78, 5) is 9.25. The fourth-order valence-corrected chi connectivity index (χ4v) is 0.854. The second-order valence-electron chi connectivity index (χ2n) is 2.96. The minimum atomic E-state index is -0.981. The number of hydrogen-bond donors (Lipinski definition) is 1. The quantitative estimate of drug-likeness (QED) is 0.508. The van der Waals surface area contributed by atoms with Gasteiger partial charge in [0.25, 0.3) is 0 Å². The van der Waals surface area contributed by atoms with Crippen molar-refractivity contribution in [2.45, 2.75) is 52.4 Å². The van der Waals surface area contributed by atoms with Gasteiger partial charge < -0.3 is 5.11 Å². The zero-order valence-electron chi connectivity index (χ0n) is 8.88. The molecule has 0 atom stereocenters. The SMILES string of the molecule is C=CC(=O)O.CCCCCCCC. The summed E-state index contributed by atoms with van der Waals surface area (Å²) in [6, 6.07) is 0. The van der Waals surface area contributed by atoms with E-state index in [9.17, 15) is 4.79 Å². The fraction of sp³-hybridized carbons (Fsp3) is 0.727. The van der Waals surface area contributed by atoms with Gasteiger partial charge in [-0.25, -0.2) is 4.79 Å². The number of aliphatic carboxylic acids is 1. The summed E-state index contributed by atoms with van der Waals surface area (Å²) in [5.41, 5.74) is 0. The predicted octanol–water partition coefficient (Wildman–Crippen LogP) is 3.62. The highest BCUT2D eigenvalue weighted by Crippen LogP contribution is 2.03. The Morgan fingerprint density at radius 1 is 1.15 bits per heavy atom. The van der Waals surface area contributed by atoms with Gasteiger partial charge in [0.15, 0.2) is 0 Å². The highest BCUT2D eigenvalue weighted by atomic mass is 16.4. The highest BCUT2D eigenvalue weighted by molar-refractivity contribution is 5.78. The highest BCUT2D eigenvalue weighted by Gasteiger charge is 1.83. The van der Waals surface area contributed by atoms with Gasteiger partial charge in [0.1, 0.15) is 0 Å². The van der Waals surface area contributed by atoms with Crippen molar-refractivity contribution in [1.29, 1.82) is 0 Å². The smallest absolute Gasteiger partial charge is 0.327 e. The van der Waals surface area contributed by atoms with Crippen LogP contribution < -0.4 is 0 Å². The molecule has 78 valence electrons. The molecular formula is C11H22O2. The third kappa shape index (κ3) is 24.7. The Labute approximate surface area is 81.7 Å². The number of hydrogen-bond acceptors (Lipinski definition) is 1. The average Bonchev–Trinajstić information content (AvgIpc) is 2.14. The molecule has 0 bridgehead atoms. The maximum Gasteiger partial charge on any atom is 0.327 e. The molecule has 0 unspecified atom stereocenters. The van der Waals surface area contributed by atoms with Crippen LogP contribution in [0.4, 0.5) is 0 Å². The Morgan fingerprint density at radius 2 is 1.46 bits per heavy atom. The van der Waals surface area contributed by atoms with Crippen LogP contribution in [0.5, 0.6) is 0 Å². The largest absolute Gasteiger partial charge is 0.478 e. The number of carboxylic acid groups (broad SMARTS) is 1. The summed E-state index contributed by atoms with van der Waals surface area (Å²) in [5.74, 6) is -0.981. The zero-order valence-corrected chi connectivity index (χ0v) is 8.88. The summed E-state index contributed by atoms with van der Waals surface area (Å²) in [7, 11) is 0. The van der Waals surface area contributed by atoms with E-state index in [1.54, 1.807) is 0 Å². The average molecular weight is 186 g/mol. The Morgan fingerprint density at radius 3 is 1.62 bits per heavy atom. The second-order valence-corrected chi connectivity index (χ2v) is 2.96. The first-order valence-corrected chi connectivity index (χ1v) is 5.04. The molecule has 0 saturated carbocycles. The third-order valence-electron chi connectivity index (χ3n) is 1.63. The van der Waals surface area contributed by atoms with Gasteiger partial charge in [0.05, 0.1) is 0 Å². The number of carboxylic acids is 1. The predicted molar refractivity (Wildman–Crippen MR) is 56.9 cm³/mol. The Hall–Kier alpha value is -0.790. The van der Waals surface area contributed by atoms with Gasteiger partial charge in [0.2, 0.25) is 0 Å². The molecule has 2 nitrogen and oxygen atoms in total. The molecule has 0 aliphatic heterocycles. The lowest BCUT2D eigenvalue weighted by molar-refractivity contribution is -0.131. The molecule has 13 heavy (non-hydrogen) atoms. The van der Waals surface area contributed by atoms with E-state index in [1.807, 2.05) is 0 Å². The van der Waals surface area contributed by atoms with Gasteiger partial charge in [0, 0.05) is 6.08 Å². The first-order valence-electron chi connectivity index (χ1n) is 5.04.